The molecule has 0 saturated carbocycles. The largest absolute Gasteiger partial charge is 1.00 e. The topological polar surface area (TPSA) is 3.88 Å². The Hall–Kier alpha value is -1.19. The Balaban J connectivity index is 0.00000161. The summed E-state index contributed by atoms with van der Waals surface area (Å²) < 4.78 is 3.86. The van der Waals surface area contributed by atoms with Gasteiger partial charge in [0.25, 0.3) is 0 Å². The molecular formula is C18H20BrNS. The van der Waals surface area contributed by atoms with E-state index < -0.39 is 0 Å². The number of hydrogen-bond acceptors (Lipinski definition) is 1. The zero-order valence-corrected chi connectivity index (χ0v) is 15.1. The first-order chi connectivity index (χ1) is 9.65. The van der Waals surface area contributed by atoms with Gasteiger partial charge in [-0.05, 0) is 36.6 Å². The van der Waals surface area contributed by atoms with Crippen LogP contribution in [0.15, 0.2) is 42.5 Å². The van der Waals surface area contributed by atoms with Crippen LogP contribution >= 0.6 is 11.3 Å². The number of benzene rings is 2. The lowest BCUT2D eigenvalue weighted by Crippen LogP contribution is -3.00. The molecule has 0 aliphatic heterocycles. The molecule has 1 heterocycles. The number of aryl methyl sites for hydroxylation is 5. The van der Waals surface area contributed by atoms with Crippen LogP contribution in [0.3, 0.4) is 0 Å². The quantitative estimate of drug-likeness (QED) is 0.620. The highest BCUT2D eigenvalue weighted by molar-refractivity contribution is 7.18. The Morgan fingerprint density at radius 1 is 0.952 bits per heavy atom. The van der Waals surface area contributed by atoms with Gasteiger partial charge in [0.1, 0.15) is 4.70 Å². The van der Waals surface area contributed by atoms with Crippen molar-refractivity contribution in [2.24, 2.45) is 0 Å². The number of rotatable bonds is 3. The predicted molar refractivity (Wildman–Crippen MR) is 86.4 cm³/mol. The van der Waals surface area contributed by atoms with Gasteiger partial charge in [0.15, 0.2) is 6.54 Å². The third kappa shape index (κ3) is 3.35. The molecule has 0 radical (unpaired) electrons. The van der Waals surface area contributed by atoms with Gasteiger partial charge in [-0.25, -0.2) is 0 Å². The standard InChI is InChI=1S/C18H20NS.BrH/c1-13-11-17-18(12-14(13)2)20-15(3)19(17)10-9-16-7-5-4-6-8-16;/h4-8,11-12H,9-10H2,1-3H3;1H/q+1;/p-1. The third-order valence-electron chi connectivity index (χ3n) is 3.97. The molecule has 0 fully saturated rings. The highest BCUT2D eigenvalue weighted by Gasteiger charge is 2.17. The van der Waals surface area contributed by atoms with Crippen molar-refractivity contribution in [3.63, 3.8) is 0 Å². The summed E-state index contributed by atoms with van der Waals surface area (Å²) in [7, 11) is 0. The molecular weight excluding hydrogens is 342 g/mol. The average molecular weight is 362 g/mol. The molecule has 3 aromatic rings. The molecule has 0 atom stereocenters. The van der Waals surface area contributed by atoms with E-state index in [0.717, 1.165) is 13.0 Å². The first-order valence-electron chi connectivity index (χ1n) is 7.09. The summed E-state index contributed by atoms with van der Waals surface area (Å²) in [5.74, 6) is 0. The van der Waals surface area contributed by atoms with Gasteiger partial charge in [0.05, 0.1) is 0 Å². The fraction of sp³-hybridized carbons (Fsp3) is 0.278. The van der Waals surface area contributed by atoms with Crippen molar-refractivity contribution >= 4 is 21.6 Å². The van der Waals surface area contributed by atoms with Gasteiger partial charge in [0, 0.05) is 19.4 Å². The number of fused-ring (bicyclic) bond motifs is 1. The van der Waals surface area contributed by atoms with Crippen molar-refractivity contribution in [3.05, 3.63) is 64.2 Å². The normalized spacial score (nSPS) is 10.6. The van der Waals surface area contributed by atoms with Crippen LogP contribution in [0.4, 0.5) is 0 Å². The molecule has 0 saturated heterocycles. The van der Waals surface area contributed by atoms with Crippen molar-refractivity contribution < 1.29 is 21.5 Å². The van der Waals surface area contributed by atoms with Gasteiger partial charge in [-0.3, -0.25) is 0 Å². The van der Waals surface area contributed by atoms with Crippen molar-refractivity contribution in [2.45, 2.75) is 33.7 Å². The molecule has 3 heteroatoms. The van der Waals surface area contributed by atoms with Crippen molar-refractivity contribution in [3.8, 4) is 0 Å². The van der Waals surface area contributed by atoms with E-state index in [1.807, 2.05) is 11.3 Å². The van der Waals surface area contributed by atoms with Gasteiger partial charge >= 0.3 is 0 Å². The molecule has 1 aromatic heterocycles. The van der Waals surface area contributed by atoms with E-state index in [2.05, 4.69) is 67.8 Å². The number of nitrogens with zero attached hydrogens (tertiary/aromatic N) is 1. The van der Waals surface area contributed by atoms with E-state index in [9.17, 15) is 0 Å². The van der Waals surface area contributed by atoms with E-state index in [1.165, 1.54) is 31.9 Å². The van der Waals surface area contributed by atoms with Gasteiger partial charge in [0.2, 0.25) is 10.5 Å². The SMILES string of the molecule is Cc1cc2sc(C)[n+](CCc3ccccc3)c2cc1C.[Br-]. The second-order valence-electron chi connectivity index (χ2n) is 5.41. The lowest BCUT2D eigenvalue weighted by molar-refractivity contribution is -0.672. The van der Waals surface area contributed by atoms with Gasteiger partial charge in [-0.15, -0.1) is 0 Å². The number of thiazole rings is 1. The van der Waals surface area contributed by atoms with Gasteiger partial charge < -0.3 is 17.0 Å². The Morgan fingerprint density at radius 3 is 2.33 bits per heavy atom. The van der Waals surface area contributed by atoms with E-state index in [4.69, 9.17) is 0 Å². The van der Waals surface area contributed by atoms with Crippen molar-refractivity contribution in [2.75, 3.05) is 0 Å². The highest BCUT2D eigenvalue weighted by Crippen LogP contribution is 2.23. The monoisotopic (exact) mass is 361 g/mol. The van der Waals surface area contributed by atoms with Crippen LogP contribution in [-0.4, -0.2) is 0 Å². The maximum absolute atomic E-state index is 2.46. The number of aromatic nitrogens is 1. The number of halogens is 1. The summed E-state index contributed by atoms with van der Waals surface area (Å²) in [6, 6.07) is 15.4. The van der Waals surface area contributed by atoms with E-state index in [1.54, 1.807) is 0 Å². The third-order valence-corrected chi connectivity index (χ3v) is 5.03. The maximum Gasteiger partial charge on any atom is 0.235 e. The first-order valence-corrected chi connectivity index (χ1v) is 7.91. The smallest absolute Gasteiger partial charge is 0.235 e. The molecule has 2 aromatic carbocycles. The molecule has 1 nitrogen and oxygen atoms in total. The first kappa shape index (κ1) is 16.2. The molecule has 3 rings (SSSR count). The Bertz CT molecular complexity index is 747. The van der Waals surface area contributed by atoms with Gasteiger partial charge in [-0.2, -0.15) is 4.57 Å². The van der Waals surface area contributed by atoms with E-state index in [-0.39, 0.29) is 17.0 Å². The van der Waals surface area contributed by atoms with Crippen LogP contribution in [-0.2, 0) is 13.0 Å². The maximum atomic E-state index is 2.46. The van der Waals surface area contributed by atoms with Crippen LogP contribution in [0, 0.1) is 20.8 Å². The molecule has 21 heavy (non-hydrogen) atoms. The molecule has 0 N–H and O–H groups in total. The number of hydrogen-bond donors (Lipinski definition) is 0. The predicted octanol–water partition coefficient (Wildman–Crippen LogP) is 1.36. The fourth-order valence-corrected chi connectivity index (χ4v) is 3.74. The fourth-order valence-electron chi connectivity index (χ4n) is 2.61. The van der Waals surface area contributed by atoms with Crippen molar-refractivity contribution in [1.29, 1.82) is 0 Å². The Labute approximate surface area is 141 Å². The van der Waals surface area contributed by atoms with Crippen LogP contribution < -0.4 is 21.5 Å². The minimum atomic E-state index is 0. The summed E-state index contributed by atoms with van der Waals surface area (Å²) >= 11 is 1.90. The minimum Gasteiger partial charge on any atom is -1.00 e. The lowest BCUT2D eigenvalue weighted by Gasteiger charge is -2.00. The van der Waals surface area contributed by atoms with Crippen LogP contribution in [0.5, 0.6) is 0 Å². The molecule has 0 amide bonds. The zero-order valence-electron chi connectivity index (χ0n) is 12.7. The minimum absolute atomic E-state index is 0. The average Bonchev–Trinajstić information content (AvgIpc) is 2.73. The summed E-state index contributed by atoms with van der Waals surface area (Å²) in [5, 5.41) is 1.39. The Kier molecular flexibility index (Phi) is 5.17. The summed E-state index contributed by atoms with van der Waals surface area (Å²) in [4.78, 5) is 0. The summed E-state index contributed by atoms with van der Waals surface area (Å²) in [6.07, 6.45) is 1.09. The van der Waals surface area contributed by atoms with Crippen LogP contribution in [0.2, 0.25) is 0 Å². The van der Waals surface area contributed by atoms with Gasteiger partial charge in [-0.1, -0.05) is 41.7 Å². The van der Waals surface area contributed by atoms with E-state index in [0.29, 0.717) is 0 Å². The Morgan fingerprint density at radius 2 is 1.62 bits per heavy atom. The molecule has 0 bridgehead atoms. The van der Waals surface area contributed by atoms with Crippen molar-refractivity contribution in [1.82, 2.24) is 0 Å². The summed E-state index contributed by atoms with van der Waals surface area (Å²) in [6.45, 7) is 7.67. The molecule has 0 spiro atoms. The molecule has 0 aliphatic carbocycles. The molecule has 0 unspecified atom stereocenters. The second-order valence-corrected chi connectivity index (χ2v) is 6.65. The summed E-state index contributed by atoms with van der Waals surface area (Å²) in [5.41, 5.74) is 5.55. The molecule has 0 aliphatic rings. The molecule has 110 valence electrons. The lowest BCUT2D eigenvalue weighted by atomic mass is 10.1. The van der Waals surface area contributed by atoms with Crippen LogP contribution in [0.25, 0.3) is 10.2 Å². The zero-order chi connectivity index (χ0) is 14.1. The second kappa shape index (κ2) is 6.71. The highest BCUT2D eigenvalue weighted by atomic mass is 79.9. The van der Waals surface area contributed by atoms with E-state index >= 15 is 0 Å². The van der Waals surface area contributed by atoms with Crippen LogP contribution in [0.1, 0.15) is 21.7 Å².